The quantitative estimate of drug-likeness (QED) is 0.741. The van der Waals surface area contributed by atoms with Gasteiger partial charge in [-0.05, 0) is 18.6 Å². The normalized spacial score (nSPS) is 16.4. The summed E-state index contributed by atoms with van der Waals surface area (Å²) in [5.74, 6) is 0.713. The number of hydrogen-bond donors (Lipinski definition) is 0. The fourth-order valence-corrected chi connectivity index (χ4v) is 2.63. The van der Waals surface area contributed by atoms with Crippen molar-refractivity contribution in [3.8, 4) is 5.75 Å². The molecule has 1 aliphatic rings. The van der Waals surface area contributed by atoms with E-state index in [1.54, 1.807) is 14.2 Å². The molecule has 0 saturated carbocycles. The van der Waals surface area contributed by atoms with E-state index in [-0.39, 0.29) is 6.79 Å². The van der Waals surface area contributed by atoms with Crippen LogP contribution in [0.4, 0.5) is 0 Å². The van der Waals surface area contributed by atoms with Crippen molar-refractivity contribution in [2.24, 2.45) is 0 Å². The van der Waals surface area contributed by atoms with Crippen molar-refractivity contribution < 1.29 is 23.7 Å². The molecule has 0 N–H and O–H groups in total. The Bertz CT molecular complexity index is 432. The Morgan fingerprint density at radius 1 is 1.20 bits per heavy atom. The van der Waals surface area contributed by atoms with Gasteiger partial charge in [-0.1, -0.05) is 15.9 Å². The van der Waals surface area contributed by atoms with E-state index in [4.69, 9.17) is 23.7 Å². The smallest absolute Gasteiger partial charge is 0.188 e. The van der Waals surface area contributed by atoms with Crippen LogP contribution in [-0.2, 0) is 25.6 Å². The minimum absolute atomic E-state index is 0.185. The standard InChI is InChI=1S/C14H19BrO5/c1-16-8-10-12(20-9-17-2)5-4-11(15)13(10)14-18-6-3-7-19-14/h4-5,14H,3,6-9H2,1-2H3. The first-order chi connectivity index (χ1) is 9.77. The molecule has 112 valence electrons. The number of benzene rings is 1. The molecule has 0 aromatic heterocycles. The van der Waals surface area contributed by atoms with Crippen LogP contribution in [-0.4, -0.2) is 34.2 Å². The van der Waals surface area contributed by atoms with Crippen LogP contribution in [0.3, 0.4) is 0 Å². The van der Waals surface area contributed by atoms with Crippen LogP contribution in [0.15, 0.2) is 16.6 Å². The average Bonchev–Trinajstić information content (AvgIpc) is 2.48. The molecule has 0 aliphatic carbocycles. The van der Waals surface area contributed by atoms with Gasteiger partial charge >= 0.3 is 0 Å². The number of ether oxygens (including phenoxy) is 5. The topological polar surface area (TPSA) is 46.2 Å². The first-order valence-electron chi connectivity index (χ1n) is 6.43. The van der Waals surface area contributed by atoms with Gasteiger partial charge in [-0.3, -0.25) is 0 Å². The Morgan fingerprint density at radius 3 is 2.60 bits per heavy atom. The molecule has 0 radical (unpaired) electrons. The summed E-state index contributed by atoms with van der Waals surface area (Å²) in [6.45, 7) is 1.97. The molecule has 5 nitrogen and oxygen atoms in total. The highest BCUT2D eigenvalue weighted by molar-refractivity contribution is 9.10. The monoisotopic (exact) mass is 346 g/mol. The number of hydrogen-bond acceptors (Lipinski definition) is 5. The maximum atomic E-state index is 5.70. The maximum absolute atomic E-state index is 5.70. The van der Waals surface area contributed by atoms with Crippen LogP contribution in [0.2, 0.25) is 0 Å². The van der Waals surface area contributed by atoms with Crippen molar-refractivity contribution in [2.45, 2.75) is 19.3 Å². The molecule has 2 rings (SSSR count). The van der Waals surface area contributed by atoms with E-state index >= 15 is 0 Å². The van der Waals surface area contributed by atoms with Gasteiger partial charge in [0.1, 0.15) is 5.75 Å². The highest BCUT2D eigenvalue weighted by atomic mass is 79.9. The lowest BCUT2D eigenvalue weighted by atomic mass is 10.1. The van der Waals surface area contributed by atoms with E-state index in [0.29, 0.717) is 25.6 Å². The van der Waals surface area contributed by atoms with Crippen molar-refractivity contribution in [1.29, 1.82) is 0 Å². The van der Waals surface area contributed by atoms with E-state index in [1.165, 1.54) is 0 Å². The Labute approximate surface area is 127 Å². The van der Waals surface area contributed by atoms with Gasteiger partial charge in [-0.25, -0.2) is 0 Å². The molecular formula is C14H19BrO5. The summed E-state index contributed by atoms with van der Waals surface area (Å²) in [6.07, 6.45) is 0.516. The molecule has 0 spiro atoms. The summed E-state index contributed by atoms with van der Waals surface area (Å²) in [5.41, 5.74) is 1.82. The third-order valence-corrected chi connectivity index (χ3v) is 3.64. The third kappa shape index (κ3) is 3.71. The fraction of sp³-hybridized carbons (Fsp3) is 0.571. The summed E-state index contributed by atoms with van der Waals surface area (Å²) in [4.78, 5) is 0. The SMILES string of the molecule is COCOc1ccc(Br)c(C2OCCCO2)c1COC. The molecule has 1 saturated heterocycles. The first kappa shape index (κ1) is 15.7. The van der Waals surface area contributed by atoms with Crippen molar-refractivity contribution in [3.63, 3.8) is 0 Å². The van der Waals surface area contributed by atoms with E-state index in [9.17, 15) is 0 Å². The Kier molecular flexibility index (Phi) is 6.25. The summed E-state index contributed by atoms with van der Waals surface area (Å²) in [5, 5.41) is 0. The molecule has 0 amide bonds. The second-order valence-electron chi connectivity index (χ2n) is 4.35. The van der Waals surface area contributed by atoms with Crippen LogP contribution >= 0.6 is 15.9 Å². The van der Waals surface area contributed by atoms with Gasteiger partial charge in [-0.15, -0.1) is 0 Å². The van der Waals surface area contributed by atoms with E-state index in [1.807, 2.05) is 12.1 Å². The van der Waals surface area contributed by atoms with E-state index < -0.39 is 6.29 Å². The summed E-state index contributed by atoms with van der Waals surface area (Å²) in [7, 11) is 3.23. The van der Waals surface area contributed by atoms with Crippen LogP contribution in [0.25, 0.3) is 0 Å². The minimum Gasteiger partial charge on any atom is -0.467 e. The lowest BCUT2D eigenvalue weighted by Crippen LogP contribution is -2.20. The van der Waals surface area contributed by atoms with Crippen LogP contribution in [0, 0.1) is 0 Å². The Balaban J connectivity index is 2.34. The van der Waals surface area contributed by atoms with Crippen molar-refractivity contribution in [1.82, 2.24) is 0 Å². The maximum Gasteiger partial charge on any atom is 0.188 e. The van der Waals surface area contributed by atoms with Gasteiger partial charge in [0.2, 0.25) is 0 Å². The zero-order valence-corrected chi connectivity index (χ0v) is 13.3. The van der Waals surface area contributed by atoms with Crippen LogP contribution < -0.4 is 4.74 Å². The number of methoxy groups -OCH3 is 2. The minimum atomic E-state index is -0.394. The Morgan fingerprint density at radius 2 is 1.95 bits per heavy atom. The van der Waals surface area contributed by atoms with Crippen molar-refractivity contribution in [2.75, 3.05) is 34.2 Å². The van der Waals surface area contributed by atoms with Gasteiger partial charge in [-0.2, -0.15) is 0 Å². The lowest BCUT2D eigenvalue weighted by molar-refractivity contribution is -0.184. The zero-order chi connectivity index (χ0) is 14.4. The average molecular weight is 347 g/mol. The second-order valence-corrected chi connectivity index (χ2v) is 5.20. The predicted octanol–water partition coefficient (Wildman–Crippen LogP) is 3.01. The van der Waals surface area contributed by atoms with Crippen LogP contribution in [0.1, 0.15) is 23.8 Å². The molecule has 0 unspecified atom stereocenters. The molecule has 1 heterocycles. The number of halogens is 1. The molecule has 0 bridgehead atoms. The van der Waals surface area contributed by atoms with Gasteiger partial charge < -0.3 is 23.7 Å². The van der Waals surface area contributed by atoms with Gasteiger partial charge in [0.05, 0.1) is 19.8 Å². The van der Waals surface area contributed by atoms with E-state index in [2.05, 4.69) is 15.9 Å². The van der Waals surface area contributed by atoms with E-state index in [0.717, 1.165) is 22.0 Å². The predicted molar refractivity (Wildman–Crippen MR) is 76.6 cm³/mol. The molecule has 1 aromatic carbocycles. The molecule has 6 heteroatoms. The fourth-order valence-electron chi connectivity index (χ4n) is 2.08. The van der Waals surface area contributed by atoms with Crippen molar-refractivity contribution >= 4 is 15.9 Å². The third-order valence-electron chi connectivity index (χ3n) is 2.94. The van der Waals surface area contributed by atoms with Crippen molar-refractivity contribution in [3.05, 3.63) is 27.7 Å². The van der Waals surface area contributed by atoms with Crippen LogP contribution in [0.5, 0.6) is 5.75 Å². The highest BCUT2D eigenvalue weighted by Crippen LogP contribution is 2.37. The van der Waals surface area contributed by atoms with Gasteiger partial charge in [0, 0.05) is 29.8 Å². The summed E-state index contributed by atoms with van der Waals surface area (Å²) in [6, 6.07) is 3.80. The molecule has 1 fully saturated rings. The molecule has 1 aliphatic heterocycles. The number of rotatable bonds is 6. The first-order valence-corrected chi connectivity index (χ1v) is 7.22. The summed E-state index contributed by atoms with van der Waals surface area (Å²) >= 11 is 3.55. The molecular weight excluding hydrogens is 328 g/mol. The highest BCUT2D eigenvalue weighted by Gasteiger charge is 2.25. The molecule has 1 aromatic rings. The summed E-state index contributed by atoms with van der Waals surface area (Å²) < 4.78 is 28.1. The zero-order valence-electron chi connectivity index (χ0n) is 11.7. The lowest BCUT2D eigenvalue weighted by Gasteiger charge is -2.27. The largest absolute Gasteiger partial charge is 0.467 e. The molecule has 20 heavy (non-hydrogen) atoms. The molecule has 0 atom stereocenters. The Hall–Kier alpha value is -0.660. The second kappa shape index (κ2) is 7.95. The van der Waals surface area contributed by atoms with Gasteiger partial charge in [0.25, 0.3) is 0 Å². The van der Waals surface area contributed by atoms with Gasteiger partial charge in [0.15, 0.2) is 13.1 Å².